The first-order valence-corrected chi connectivity index (χ1v) is 7.64. The smallest absolute Gasteiger partial charge is 0.284 e. The highest BCUT2D eigenvalue weighted by Gasteiger charge is 2.26. The Hall–Kier alpha value is -2.24. The van der Waals surface area contributed by atoms with Gasteiger partial charge in [0.05, 0.1) is 0 Å². The van der Waals surface area contributed by atoms with E-state index in [1.54, 1.807) is 11.5 Å². The van der Waals surface area contributed by atoms with Gasteiger partial charge in [0.1, 0.15) is 18.1 Å². The van der Waals surface area contributed by atoms with E-state index in [-0.39, 0.29) is 0 Å². The van der Waals surface area contributed by atoms with Crippen LogP contribution in [-0.2, 0) is 17.8 Å². The quantitative estimate of drug-likeness (QED) is 0.666. The van der Waals surface area contributed by atoms with E-state index >= 15 is 0 Å². The fraction of sp³-hybridized carbons (Fsp3) is 0.235. The van der Waals surface area contributed by atoms with E-state index < -0.39 is 12.0 Å². The number of aryl methyl sites for hydroxylation is 1. The summed E-state index contributed by atoms with van der Waals surface area (Å²) in [4.78, 5) is 11.5. The van der Waals surface area contributed by atoms with Crippen LogP contribution in [0.15, 0.2) is 42.5 Å². The Morgan fingerprint density at radius 2 is 2.09 bits per heavy atom. The van der Waals surface area contributed by atoms with E-state index in [0.717, 1.165) is 11.1 Å². The fourth-order valence-corrected chi connectivity index (χ4v) is 2.57. The molecule has 0 aromatic heterocycles. The van der Waals surface area contributed by atoms with Crippen LogP contribution in [0.4, 0.5) is 0 Å². The third-order valence-electron chi connectivity index (χ3n) is 3.71. The maximum Gasteiger partial charge on any atom is 0.284 e. The third kappa shape index (κ3) is 3.75. The summed E-state index contributed by atoms with van der Waals surface area (Å²) in [5, 5.41) is 9.39. The Morgan fingerprint density at radius 1 is 1.30 bits per heavy atom. The molecular formula is C17H16ClNO4. The fourth-order valence-electron chi connectivity index (χ4n) is 2.44. The van der Waals surface area contributed by atoms with Crippen molar-refractivity contribution in [3.63, 3.8) is 0 Å². The number of hydrogen-bond donors (Lipinski definition) is 2. The molecule has 0 spiro atoms. The lowest BCUT2D eigenvalue weighted by molar-refractivity contribution is -0.137. The summed E-state index contributed by atoms with van der Waals surface area (Å²) in [7, 11) is 0. The monoisotopic (exact) mass is 333 g/mol. The summed E-state index contributed by atoms with van der Waals surface area (Å²) >= 11 is 5.85. The molecule has 0 aliphatic carbocycles. The highest BCUT2D eigenvalue weighted by atomic mass is 35.5. The van der Waals surface area contributed by atoms with Gasteiger partial charge < -0.3 is 9.47 Å². The van der Waals surface area contributed by atoms with Gasteiger partial charge in [-0.3, -0.25) is 10.0 Å². The first-order valence-electron chi connectivity index (χ1n) is 7.26. The zero-order valence-electron chi connectivity index (χ0n) is 12.3. The van der Waals surface area contributed by atoms with Crippen LogP contribution < -0.4 is 15.0 Å². The lowest BCUT2D eigenvalue weighted by Gasteiger charge is -2.24. The molecule has 1 aliphatic heterocycles. The second kappa shape index (κ2) is 6.89. The Morgan fingerprint density at radius 3 is 2.83 bits per heavy atom. The summed E-state index contributed by atoms with van der Waals surface area (Å²) in [5.74, 6) is 0.727. The second-order valence-corrected chi connectivity index (χ2v) is 5.74. The van der Waals surface area contributed by atoms with Crippen molar-refractivity contribution in [2.45, 2.75) is 25.6 Å². The number of ether oxygens (including phenoxy) is 2. The molecule has 0 saturated heterocycles. The zero-order chi connectivity index (χ0) is 16.2. The number of carbonyl (C=O) groups is 1. The van der Waals surface area contributed by atoms with E-state index in [4.69, 9.17) is 26.3 Å². The van der Waals surface area contributed by atoms with Crippen LogP contribution in [0.2, 0.25) is 5.02 Å². The standard InChI is InChI=1S/C17H16ClNO4/c18-13-5-1-11(2-6-13)10-22-14-7-3-12-4-8-15(17(20)19-21)23-16(12)9-14/h1-3,5-7,9,15,21H,4,8,10H2,(H,19,20). The molecule has 0 saturated carbocycles. The molecule has 2 aromatic rings. The number of hydroxylamine groups is 1. The highest BCUT2D eigenvalue weighted by Crippen LogP contribution is 2.31. The Labute approximate surface area is 138 Å². The van der Waals surface area contributed by atoms with Gasteiger partial charge in [0.2, 0.25) is 0 Å². The Bertz CT molecular complexity index is 702. The van der Waals surface area contributed by atoms with Gasteiger partial charge in [-0.05, 0) is 42.2 Å². The maximum atomic E-state index is 11.5. The molecule has 0 fully saturated rings. The second-order valence-electron chi connectivity index (χ2n) is 5.31. The maximum absolute atomic E-state index is 11.5. The van der Waals surface area contributed by atoms with Gasteiger partial charge in [0.15, 0.2) is 6.10 Å². The molecule has 2 N–H and O–H groups in total. The molecule has 2 aromatic carbocycles. The van der Waals surface area contributed by atoms with Crippen molar-refractivity contribution in [2.75, 3.05) is 0 Å². The van der Waals surface area contributed by atoms with E-state index in [2.05, 4.69) is 0 Å². The Balaban J connectivity index is 1.68. The number of benzene rings is 2. The zero-order valence-corrected chi connectivity index (χ0v) is 13.0. The summed E-state index contributed by atoms with van der Waals surface area (Å²) in [6, 6.07) is 13.0. The van der Waals surface area contributed by atoms with Gasteiger partial charge >= 0.3 is 0 Å². The molecule has 1 amide bonds. The summed E-state index contributed by atoms with van der Waals surface area (Å²) in [5.41, 5.74) is 3.65. The summed E-state index contributed by atoms with van der Waals surface area (Å²) < 4.78 is 11.4. The van der Waals surface area contributed by atoms with Crippen molar-refractivity contribution in [3.8, 4) is 11.5 Å². The Kier molecular flexibility index (Phi) is 4.69. The van der Waals surface area contributed by atoms with E-state index in [0.29, 0.717) is 36.0 Å². The first-order chi connectivity index (χ1) is 11.2. The average molecular weight is 334 g/mol. The molecule has 1 aliphatic rings. The molecule has 0 bridgehead atoms. The lowest BCUT2D eigenvalue weighted by atomic mass is 10.0. The van der Waals surface area contributed by atoms with Crippen LogP contribution >= 0.6 is 11.6 Å². The first kappa shape index (κ1) is 15.6. The van der Waals surface area contributed by atoms with Crippen LogP contribution in [0.25, 0.3) is 0 Å². The molecule has 5 nitrogen and oxygen atoms in total. The van der Waals surface area contributed by atoms with Crippen LogP contribution in [-0.4, -0.2) is 17.2 Å². The van der Waals surface area contributed by atoms with E-state index in [9.17, 15) is 4.79 Å². The van der Waals surface area contributed by atoms with Gasteiger partial charge in [-0.15, -0.1) is 0 Å². The largest absolute Gasteiger partial charge is 0.489 e. The van der Waals surface area contributed by atoms with Crippen molar-refractivity contribution in [3.05, 3.63) is 58.6 Å². The SMILES string of the molecule is O=C(NO)C1CCc2ccc(OCc3ccc(Cl)cc3)cc2O1. The van der Waals surface area contributed by atoms with Gasteiger partial charge in [-0.1, -0.05) is 29.8 Å². The highest BCUT2D eigenvalue weighted by molar-refractivity contribution is 6.30. The van der Waals surface area contributed by atoms with Gasteiger partial charge in [0.25, 0.3) is 5.91 Å². The van der Waals surface area contributed by atoms with E-state index in [1.165, 1.54) is 0 Å². The van der Waals surface area contributed by atoms with Crippen LogP contribution in [0.3, 0.4) is 0 Å². The van der Waals surface area contributed by atoms with Crippen molar-refractivity contribution in [1.29, 1.82) is 0 Å². The summed E-state index contributed by atoms with van der Waals surface area (Å²) in [6.07, 6.45) is 0.564. The third-order valence-corrected chi connectivity index (χ3v) is 3.96. The minimum atomic E-state index is -0.681. The minimum absolute atomic E-state index is 0.413. The van der Waals surface area contributed by atoms with Crippen molar-refractivity contribution in [2.24, 2.45) is 0 Å². The predicted molar refractivity (Wildman–Crippen MR) is 84.9 cm³/mol. The van der Waals surface area contributed by atoms with Gasteiger partial charge in [-0.25, -0.2) is 5.48 Å². The molecule has 1 heterocycles. The number of hydrogen-bond acceptors (Lipinski definition) is 4. The number of carbonyl (C=O) groups excluding carboxylic acids is 1. The van der Waals surface area contributed by atoms with Gasteiger partial charge in [-0.2, -0.15) is 0 Å². The summed E-state index contributed by atoms with van der Waals surface area (Å²) in [6.45, 7) is 0.413. The number of fused-ring (bicyclic) bond motifs is 1. The van der Waals surface area contributed by atoms with Gasteiger partial charge in [0, 0.05) is 11.1 Å². The number of halogens is 1. The number of amides is 1. The average Bonchev–Trinajstić information content (AvgIpc) is 2.60. The molecule has 1 unspecified atom stereocenters. The number of rotatable bonds is 4. The molecule has 6 heteroatoms. The molecule has 1 atom stereocenters. The topological polar surface area (TPSA) is 67.8 Å². The van der Waals surface area contributed by atoms with Crippen LogP contribution in [0.1, 0.15) is 17.5 Å². The van der Waals surface area contributed by atoms with E-state index in [1.807, 2.05) is 36.4 Å². The van der Waals surface area contributed by atoms with Crippen LogP contribution in [0.5, 0.6) is 11.5 Å². The lowest BCUT2D eigenvalue weighted by Crippen LogP contribution is -2.38. The number of nitrogens with one attached hydrogen (secondary N) is 1. The van der Waals surface area contributed by atoms with Crippen molar-refractivity contribution >= 4 is 17.5 Å². The minimum Gasteiger partial charge on any atom is -0.489 e. The molecule has 23 heavy (non-hydrogen) atoms. The molecule has 3 rings (SSSR count). The predicted octanol–water partition coefficient (Wildman–Crippen LogP) is 3.12. The van der Waals surface area contributed by atoms with Crippen molar-refractivity contribution in [1.82, 2.24) is 5.48 Å². The normalized spacial score (nSPS) is 16.2. The molecule has 0 radical (unpaired) electrons. The molecule has 120 valence electrons. The van der Waals surface area contributed by atoms with Crippen LogP contribution in [0, 0.1) is 0 Å². The van der Waals surface area contributed by atoms with Crippen molar-refractivity contribution < 1.29 is 19.5 Å². The molecular weight excluding hydrogens is 318 g/mol.